The second kappa shape index (κ2) is 4.74. The van der Waals surface area contributed by atoms with Crippen LogP contribution in [-0.4, -0.2) is 21.9 Å². The fourth-order valence-corrected chi connectivity index (χ4v) is 1.63. The van der Waals surface area contributed by atoms with Crippen LogP contribution >= 0.6 is 0 Å². The van der Waals surface area contributed by atoms with Crippen molar-refractivity contribution in [2.45, 2.75) is 38.9 Å². The zero-order valence-corrected chi connectivity index (χ0v) is 11.0. The molecule has 0 aliphatic rings. The minimum Gasteiger partial charge on any atom is -0.445 e. The molecule has 90 valence electrons. The number of halogens is 3. The van der Waals surface area contributed by atoms with Crippen LogP contribution in [-0.2, 0) is 4.43 Å². The molecule has 0 aromatic heterocycles. The highest BCUT2D eigenvalue weighted by Gasteiger charge is 2.36. The Hall–Kier alpha value is -0.228. The number of rotatable bonds is 4. The van der Waals surface area contributed by atoms with E-state index in [1.54, 1.807) is 0 Å². The smallest absolute Gasteiger partial charge is 0.445 e. The van der Waals surface area contributed by atoms with Crippen molar-refractivity contribution in [3.8, 4) is 0 Å². The third-order valence-corrected chi connectivity index (χ3v) is 7.20. The van der Waals surface area contributed by atoms with Gasteiger partial charge >= 0.3 is 6.98 Å². The zero-order chi connectivity index (χ0) is 12.3. The average Bonchev–Trinajstić information content (AvgIpc) is 1.94. The van der Waals surface area contributed by atoms with E-state index in [1.807, 2.05) is 13.1 Å². The fourth-order valence-electron chi connectivity index (χ4n) is 0.683. The Morgan fingerprint density at radius 3 is 2.00 bits per heavy atom. The standard InChI is InChI=1S/C9H19BF3OSi/c1-9(2,3)15(4,5)14-8-6-7-10(11,12)13/h6-7H,8H2,1-5H3/q-1/b7-6+. The summed E-state index contributed by atoms with van der Waals surface area (Å²) in [4.78, 5) is 0. The summed E-state index contributed by atoms with van der Waals surface area (Å²) in [6, 6.07) is 0. The molecule has 0 aromatic carbocycles. The lowest BCUT2D eigenvalue weighted by Crippen LogP contribution is -2.40. The third-order valence-electron chi connectivity index (χ3n) is 2.70. The first-order valence-corrected chi connectivity index (χ1v) is 7.88. The van der Waals surface area contributed by atoms with Crippen LogP contribution in [0.25, 0.3) is 0 Å². The normalized spacial score (nSPS) is 14.9. The summed E-state index contributed by atoms with van der Waals surface area (Å²) in [5, 5.41) is 0.0320. The summed E-state index contributed by atoms with van der Waals surface area (Å²) in [5.41, 5.74) is 0. The number of hydrogen-bond acceptors (Lipinski definition) is 1. The van der Waals surface area contributed by atoms with E-state index in [0.29, 0.717) is 0 Å². The van der Waals surface area contributed by atoms with E-state index in [-0.39, 0.29) is 17.6 Å². The van der Waals surface area contributed by atoms with Gasteiger partial charge in [-0.1, -0.05) is 26.8 Å². The third kappa shape index (κ3) is 6.04. The molecule has 1 nitrogen and oxygen atoms in total. The van der Waals surface area contributed by atoms with Gasteiger partial charge in [0, 0.05) is 6.61 Å². The van der Waals surface area contributed by atoms with E-state index < -0.39 is 15.3 Å². The molecule has 0 atom stereocenters. The topological polar surface area (TPSA) is 9.23 Å². The van der Waals surface area contributed by atoms with Gasteiger partial charge in [-0.15, -0.1) is 5.98 Å². The summed E-state index contributed by atoms with van der Waals surface area (Å²) in [6.07, 6.45) is 1.06. The van der Waals surface area contributed by atoms with Gasteiger partial charge in [-0.25, -0.2) is 0 Å². The molecule has 0 radical (unpaired) electrons. The Bertz CT molecular complexity index is 230. The predicted octanol–water partition coefficient (Wildman–Crippen LogP) is 3.95. The van der Waals surface area contributed by atoms with Gasteiger partial charge in [-0.05, 0) is 18.1 Å². The van der Waals surface area contributed by atoms with Gasteiger partial charge in [0.15, 0.2) is 8.32 Å². The highest BCUT2D eigenvalue weighted by Crippen LogP contribution is 2.36. The van der Waals surface area contributed by atoms with Crippen molar-refractivity contribution in [3.63, 3.8) is 0 Å². The minimum absolute atomic E-state index is 0.0320. The Kier molecular flexibility index (Phi) is 4.67. The monoisotopic (exact) mass is 239 g/mol. The van der Waals surface area contributed by atoms with E-state index in [1.165, 1.54) is 0 Å². The molecule has 0 rings (SSSR count). The Morgan fingerprint density at radius 2 is 1.67 bits per heavy atom. The molecule has 0 N–H and O–H groups in total. The van der Waals surface area contributed by atoms with Crippen molar-refractivity contribution in [3.05, 3.63) is 12.1 Å². The molecule has 0 saturated heterocycles. The molecule has 0 amide bonds. The summed E-state index contributed by atoms with van der Waals surface area (Å²) >= 11 is 0. The van der Waals surface area contributed by atoms with E-state index in [0.717, 1.165) is 6.08 Å². The lowest BCUT2D eigenvalue weighted by Gasteiger charge is -2.35. The van der Waals surface area contributed by atoms with Gasteiger partial charge in [0.1, 0.15) is 0 Å². The van der Waals surface area contributed by atoms with Crippen molar-refractivity contribution in [2.24, 2.45) is 0 Å². The maximum Gasteiger partial charge on any atom is 0.502 e. The van der Waals surface area contributed by atoms with Crippen molar-refractivity contribution in [1.82, 2.24) is 0 Å². The molecule has 15 heavy (non-hydrogen) atoms. The van der Waals surface area contributed by atoms with Crippen LogP contribution in [0.4, 0.5) is 12.9 Å². The first-order chi connectivity index (χ1) is 6.46. The predicted molar refractivity (Wildman–Crippen MR) is 61.4 cm³/mol. The molecule has 6 heteroatoms. The van der Waals surface area contributed by atoms with Crippen LogP contribution in [0.15, 0.2) is 12.1 Å². The van der Waals surface area contributed by atoms with E-state index >= 15 is 0 Å². The molecule has 0 fully saturated rings. The van der Waals surface area contributed by atoms with Gasteiger partial charge in [-0.2, -0.15) is 0 Å². The lowest BCUT2D eigenvalue weighted by molar-refractivity contribution is 0.327. The maximum absolute atomic E-state index is 11.8. The van der Waals surface area contributed by atoms with Crippen LogP contribution in [0.5, 0.6) is 0 Å². The molecule has 0 aliphatic heterocycles. The summed E-state index contributed by atoms with van der Waals surface area (Å²) in [7, 11) is -1.91. The van der Waals surface area contributed by atoms with Crippen molar-refractivity contribution in [1.29, 1.82) is 0 Å². The first kappa shape index (κ1) is 14.8. The zero-order valence-electron chi connectivity index (χ0n) is 9.98. The van der Waals surface area contributed by atoms with Gasteiger partial charge in [0.2, 0.25) is 0 Å². The van der Waals surface area contributed by atoms with Crippen LogP contribution in [0.3, 0.4) is 0 Å². The van der Waals surface area contributed by atoms with Crippen molar-refractivity contribution < 1.29 is 17.4 Å². The van der Waals surface area contributed by atoms with Crippen LogP contribution in [0, 0.1) is 0 Å². The van der Waals surface area contributed by atoms with E-state index in [2.05, 4.69) is 20.8 Å². The second-order valence-electron chi connectivity index (χ2n) is 5.12. The quantitative estimate of drug-likeness (QED) is 0.675. The Morgan fingerprint density at radius 1 is 1.20 bits per heavy atom. The molecular weight excluding hydrogens is 220 g/mol. The maximum atomic E-state index is 11.8. The van der Waals surface area contributed by atoms with Crippen molar-refractivity contribution in [2.75, 3.05) is 6.61 Å². The molecule has 0 bridgehead atoms. The minimum atomic E-state index is -4.83. The van der Waals surface area contributed by atoms with Crippen LogP contribution < -0.4 is 0 Å². The van der Waals surface area contributed by atoms with Gasteiger partial charge in [0.25, 0.3) is 0 Å². The summed E-state index contributed by atoms with van der Waals surface area (Å²) in [5.74, 6) is 0.285. The summed E-state index contributed by atoms with van der Waals surface area (Å²) in [6.45, 7) is 5.41. The van der Waals surface area contributed by atoms with E-state index in [9.17, 15) is 12.9 Å². The molecular formula is C9H19BF3OSi-. The van der Waals surface area contributed by atoms with Gasteiger partial charge in [0.05, 0.1) is 0 Å². The molecule has 0 spiro atoms. The average molecular weight is 239 g/mol. The molecule has 0 aliphatic carbocycles. The van der Waals surface area contributed by atoms with Crippen LogP contribution in [0.2, 0.25) is 18.1 Å². The summed E-state index contributed by atoms with van der Waals surface area (Å²) < 4.78 is 41.1. The highest BCUT2D eigenvalue weighted by atomic mass is 28.4. The molecule has 0 unspecified atom stereocenters. The molecule has 0 aromatic rings. The largest absolute Gasteiger partial charge is 0.502 e. The SMILES string of the molecule is CC(C)(C)[Si](C)(C)OC/C=C/[B-](F)(F)F. The number of hydrogen-bond donors (Lipinski definition) is 0. The molecule has 0 heterocycles. The van der Waals surface area contributed by atoms with Gasteiger partial charge in [-0.3, -0.25) is 0 Å². The fraction of sp³-hybridized carbons (Fsp3) is 0.778. The van der Waals surface area contributed by atoms with Crippen molar-refractivity contribution >= 4 is 15.3 Å². The lowest BCUT2D eigenvalue weighted by atomic mass is 9.92. The Labute approximate surface area is 90.9 Å². The van der Waals surface area contributed by atoms with Gasteiger partial charge < -0.3 is 17.4 Å². The first-order valence-electron chi connectivity index (χ1n) is 4.97. The second-order valence-corrected chi connectivity index (χ2v) is 9.93. The van der Waals surface area contributed by atoms with E-state index in [4.69, 9.17) is 4.43 Å². The Balaban J connectivity index is 4.13. The highest BCUT2D eigenvalue weighted by molar-refractivity contribution is 6.74. The molecule has 0 saturated carbocycles. The van der Waals surface area contributed by atoms with Crippen LogP contribution in [0.1, 0.15) is 20.8 Å².